The lowest BCUT2D eigenvalue weighted by Gasteiger charge is -2.22. The van der Waals surface area contributed by atoms with Gasteiger partial charge in [0.2, 0.25) is 5.88 Å². The van der Waals surface area contributed by atoms with E-state index < -0.39 is 0 Å². The monoisotopic (exact) mass is 472 g/mol. The van der Waals surface area contributed by atoms with Crippen molar-refractivity contribution < 1.29 is 4.74 Å². The fraction of sp³-hybridized carbons (Fsp3) is 0.500. The minimum atomic E-state index is 0. The van der Waals surface area contributed by atoms with Gasteiger partial charge in [0, 0.05) is 58.3 Å². The summed E-state index contributed by atoms with van der Waals surface area (Å²) in [5.41, 5.74) is 3.41. The lowest BCUT2D eigenvalue weighted by molar-refractivity contribution is 0.397. The number of ether oxygens (including phenoxy) is 1. The highest BCUT2D eigenvalue weighted by Gasteiger charge is 2.15. The normalized spacial score (nSPS) is 11.3. The van der Waals surface area contributed by atoms with Crippen LogP contribution >= 0.6 is 24.0 Å². The first-order valence-corrected chi connectivity index (χ1v) is 8.37. The van der Waals surface area contributed by atoms with Crippen LogP contribution in [0, 0.1) is 0 Å². The van der Waals surface area contributed by atoms with Gasteiger partial charge in [-0.25, -0.2) is 4.98 Å². The predicted octanol–water partition coefficient (Wildman–Crippen LogP) is 2.77. The Morgan fingerprint density at radius 1 is 1.38 bits per heavy atom. The smallest absolute Gasteiger partial charge is 0.212 e. The molecule has 7 nitrogen and oxygen atoms in total. The van der Waals surface area contributed by atoms with Crippen LogP contribution in [0.3, 0.4) is 0 Å². The molecule has 0 unspecified atom stereocenters. The summed E-state index contributed by atoms with van der Waals surface area (Å²) >= 11 is 0. The van der Waals surface area contributed by atoms with Gasteiger partial charge in [-0.2, -0.15) is 5.10 Å². The van der Waals surface area contributed by atoms with Crippen LogP contribution in [0.5, 0.6) is 5.88 Å². The molecule has 0 saturated carbocycles. The van der Waals surface area contributed by atoms with Crippen LogP contribution in [0.2, 0.25) is 0 Å². The van der Waals surface area contributed by atoms with E-state index in [1.807, 2.05) is 30.9 Å². The Labute approximate surface area is 172 Å². The molecule has 0 spiro atoms. The fourth-order valence-electron chi connectivity index (χ4n) is 2.70. The largest absolute Gasteiger partial charge is 0.481 e. The molecule has 0 radical (unpaired) electrons. The molecule has 26 heavy (non-hydrogen) atoms. The van der Waals surface area contributed by atoms with Gasteiger partial charge in [-0.3, -0.25) is 9.67 Å². The Kier molecular flexibility index (Phi) is 8.83. The van der Waals surface area contributed by atoms with Gasteiger partial charge in [0.25, 0.3) is 0 Å². The maximum absolute atomic E-state index is 5.08. The van der Waals surface area contributed by atoms with Crippen molar-refractivity contribution in [3.63, 3.8) is 0 Å². The number of aryl methyl sites for hydroxylation is 1. The van der Waals surface area contributed by atoms with Crippen molar-refractivity contribution in [3.05, 3.63) is 41.3 Å². The summed E-state index contributed by atoms with van der Waals surface area (Å²) in [7, 11) is 7.39. The second-order valence-electron chi connectivity index (χ2n) is 6.33. The molecule has 8 heteroatoms. The van der Waals surface area contributed by atoms with E-state index in [1.165, 1.54) is 5.56 Å². The second-order valence-corrected chi connectivity index (χ2v) is 6.33. The number of nitrogens with zero attached hydrogens (tertiary/aromatic N) is 5. The van der Waals surface area contributed by atoms with Gasteiger partial charge in [0.15, 0.2) is 5.96 Å². The number of guanidine groups is 1. The quantitative estimate of drug-likeness (QED) is 0.398. The minimum absolute atomic E-state index is 0. The number of methoxy groups -OCH3 is 1. The van der Waals surface area contributed by atoms with Crippen LogP contribution in [0.1, 0.15) is 36.6 Å². The topological polar surface area (TPSA) is 67.6 Å². The summed E-state index contributed by atoms with van der Waals surface area (Å²) < 4.78 is 6.95. The van der Waals surface area contributed by atoms with Crippen molar-refractivity contribution in [2.75, 3.05) is 21.2 Å². The van der Waals surface area contributed by atoms with Crippen LogP contribution < -0.4 is 10.1 Å². The Balaban J connectivity index is 0.00000338. The van der Waals surface area contributed by atoms with Crippen LogP contribution in [-0.4, -0.2) is 46.8 Å². The average Bonchev–Trinajstić information content (AvgIpc) is 2.96. The number of nitrogens with one attached hydrogen (secondary N) is 1. The summed E-state index contributed by atoms with van der Waals surface area (Å²) in [4.78, 5) is 10.7. The van der Waals surface area contributed by atoms with Gasteiger partial charge in [-0.1, -0.05) is 19.9 Å². The van der Waals surface area contributed by atoms with Gasteiger partial charge in [0.1, 0.15) is 0 Å². The number of aromatic nitrogens is 3. The van der Waals surface area contributed by atoms with E-state index >= 15 is 0 Å². The van der Waals surface area contributed by atoms with Gasteiger partial charge >= 0.3 is 0 Å². The maximum atomic E-state index is 5.08. The van der Waals surface area contributed by atoms with E-state index in [2.05, 4.69) is 45.3 Å². The molecule has 144 valence electrons. The zero-order valence-electron chi connectivity index (χ0n) is 16.4. The Hall–Kier alpha value is -1.84. The van der Waals surface area contributed by atoms with Gasteiger partial charge in [-0.05, 0) is 11.5 Å². The number of halogens is 1. The van der Waals surface area contributed by atoms with Gasteiger partial charge in [-0.15, -0.1) is 24.0 Å². The van der Waals surface area contributed by atoms with Crippen LogP contribution in [0.25, 0.3) is 0 Å². The molecule has 2 aromatic heterocycles. The number of rotatable bonds is 6. The molecular formula is C18H29IN6O. The van der Waals surface area contributed by atoms with Gasteiger partial charge < -0.3 is 15.0 Å². The SMILES string of the molecule is CN=C(NCc1ccc(OC)nc1)N(C)Cc1cn(C)nc1C(C)C.I. The predicted molar refractivity (Wildman–Crippen MR) is 115 cm³/mol. The molecule has 0 bridgehead atoms. The Morgan fingerprint density at radius 3 is 2.65 bits per heavy atom. The minimum Gasteiger partial charge on any atom is -0.481 e. The molecule has 0 saturated heterocycles. The third-order valence-electron chi connectivity index (χ3n) is 3.92. The van der Waals surface area contributed by atoms with E-state index in [1.54, 1.807) is 20.4 Å². The van der Waals surface area contributed by atoms with Crippen molar-refractivity contribution in [1.29, 1.82) is 0 Å². The highest BCUT2D eigenvalue weighted by atomic mass is 127. The van der Waals surface area contributed by atoms with Crippen LogP contribution in [0.4, 0.5) is 0 Å². The molecule has 0 aliphatic rings. The van der Waals surface area contributed by atoms with Crippen LogP contribution in [-0.2, 0) is 20.1 Å². The molecule has 2 rings (SSSR count). The molecule has 0 atom stereocenters. The zero-order chi connectivity index (χ0) is 18.4. The molecule has 0 aliphatic carbocycles. The van der Waals surface area contributed by atoms with Gasteiger partial charge in [0.05, 0.1) is 12.8 Å². The number of pyridine rings is 1. The Morgan fingerprint density at radius 2 is 2.12 bits per heavy atom. The van der Waals surface area contributed by atoms with Crippen LogP contribution in [0.15, 0.2) is 29.5 Å². The first-order chi connectivity index (χ1) is 11.9. The lowest BCUT2D eigenvalue weighted by atomic mass is 10.1. The number of aliphatic imine (C=N–C) groups is 1. The summed E-state index contributed by atoms with van der Waals surface area (Å²) in [6.07, 6.45) is 3.88. The zero-order valence-corrected chi connectivity index (χ0v) is 18.7. The number of hydrogen-bond acceptors (Lipinski definition) is 4. The highest BCUT2D eigenvalue weighted by Crippen LogP contribution is 2.18. The molecule has 2 heterocycles. The molecule has 0 aliphatic heterocycles. The molecule has 2 aromatic rings. The van der Waals surface area contributed by atoms with E-state index in [0.717, 1.165) is 23.8 Å². The van der Waals surface area contributed by atoms with Crippen molar-refractivity contribution in [2.24, 2.45) is 12.0 Å². The molecule has 0 aromatic carbocycles. The number of hydrogen-bond donors (Lipinski definition) is 1. The Bertz CT molecular complexity index is 711. The summed E-state index contributed by atoms with van der Waals surface area (Å²) in [6, 6.07) is 3.85. The maximum Gasteiger partial charge on any atom is 0.212 e. The van der Waals surface area contributed by atoms with E-state index in [4.69, 9.17) is 4.74 Å². The third-order valence-corrected chi connectivity index (χ3v) is 3.92. The van der Waals surface area contributed by atoms with Crippen molar-refractivity contribution in [1.82, 2.24) is 25.0 Å². The first-order valence-electron chi connectivity index (χ1n) is 8.37. The lowest BCUT2D eigenvalue weighted by Crippen LogP contribution is -2.38. The average molecular weight is 472 g/mol. The van der Waals surface area contributed by atoms with E-state index in [9.17, 15) is 0 Å². The van der Waals surface area contributed by atoms with Crippen molar-refractivity contribution in [3.8, 4) is 5.88 Å². The van der Waals surface area contributed by atoms with E-state index in [0.29, 0.717) is 18.3 Å². The summed E-state index contributed by atoms with van der Waals surface area (Å²) in [6.45, 7) is 5.73. The standard InChI is InChI=1S/C18H28N6O.HI/c1-13(2)17-15(12-24(5)22-17)11-23(4)18(19-3)21-10-14-7-8-16(25-6)20-9-14;/h7-9,12-13H,10-11H2,1-6H3,(H,19,21);1H. The first kappa shape index (κ1) is 22.2. The van der Waals surface area contributed by atoms with Crippen molar-refractivity contribution >= 4 is 29.9 Å². The molecule has 0 fully saturated rings. The second kappa shape index (κ2) is 10.3. The third kappa shape index (κ3) is 5.86. The van der Waals surface area contributed by atoms with Crippen molar-refractivity contribution in [2.45, 2.75) is 32.9 Å². The fourth-order valence-corrected chi connectivity index (χ4v) is 2.70. The molecule has 0 amide bonds. The molecule has 1 N–H and O–H groups in total. The molecular weight excluding hydrogens is 443 g/mol. The summed E-state index contributed by atoms with van der Waals surface area (Å²) in [5.74, 6) is 1.84. The highest BCUT2D eigenvalue weighted by molar-refractivity contribution is 14.0. The summed E-state index contributed by atoms with van der Waals surface area (Å²) in [5, 5.41) is 7.93. The van der Waals surface area contributed by atoms with E-state index in [-0.39, 0.29) is 24.0 Å².